The van der Waals surface area contributed by atoms with Crippen LogP contribution in [0.3, 0.4) is 0 Å². The number of pyridine rings is 1. The van der Waals surface area contributed by atoms with Crippen LogP contribution in [-0.2, 0) is 11.2 Å². The van der Waals surface area contributed by atoms with Crippen molar-refractivity contribution in [2.75, 3.05) is 5.32 Å². The smallest absolute Gasteiger partial charge is 0.456 e. The number of halogens is 3. The zero-order valence-electron chi connectivity index (χ0n) is 15.9. The molecule has 0 saturated carbocycles. The van der Waals surface area contributed by atoms with Gasteiger partial charge in [0.15, 0.2) is 0 Å². The minimum atomic E-state index is -4.75. The standard InChI is InChI=1S/C22H16F3N3O3/c23-22(24,25)31-17-4-2-16(3-5-17)30-18-6-8-20(27-13-18)28-21(29)12-14-1-7-19-15(11-14)9-10-26-19/h1-11,13,26H,12H2,(H,27,28,29). The number of hydrogen-bond acceptors (Lipinski definition) is 4. The molecular formula is C22H16F3N3O3. The van der Waals surface area contributed by atoms with Gasteiger partial charge in [0.1, 0.15) is 23.1 Å². The van der Waals surface area contributed by atoms with Crippen LogP contribution in [0.4, 0.5) is 19.0 Å². The van der Waals surface area contributed by atoms with Crippen molar-refractivity contribution in [2.45, 2.75) is 12.8 Å². The van der Waals surface area contributed by atoms with E-state index in [1.54, 1.807) is 12.1 Å². The molecule has 0 aliphatic heterocycles. The largest absolute Gasteiger partial charge is 0.573 e. The van der Waals surface area contributed by atoms with Gasteiger partial charge >= 0.3 is 6.36 Å². The molecule has 0 aliphatic rings. The second-order valence-corrected chi connectivity index (χ2v) is 6.62. The molecule has 0 saturated heterocycles. The number of hydrogen-bond donors (Lipinski definition) is 2. The number of alkyl halides is 3. The number of anilines is 1. The van der Waals surface area contributed by atoms with Gasteiger partial charge in [-0.15, -0.1) is 13.2 Å². The van der Waals surface area contributed by atoms with Crippen molar-refractivity contribution in [3.05, 3.63) is 78.6 Å². The zero-order chi connectivity index (χ0) is 21.8. The fourth-order valence-electron chi connectivity index (χ4n) is 2.95. The molecule has 9 heteroatoms. The first kappa shape index (κ1) is 20.3. The minimum absolute atomic E-state index is 0.202. The van der Waals surface area contributed by atoms with E-state index in [4.69, 9.17) is 4.74 Å². The van der Waals surface area contributed by atoms with Gasteiger partial charge in [0.2, 0.25) is 5.91 Å². The number of carbonyl (C=O) groups excluding carboxylic acids is 1. The molecule has 0 radical (unpaired) electrons. The lowest BCUT2D eigenvalue weighted by Crippen LogP contribution is -2.16. The van der Waals surface area contributed by atoms with E-state index in [1.807, 2.05) is 30.5 Å². The van der Waals surface area contributed by atoms with Crippen LogP contribution >= 0.6 is 0 Å². The van der Waals surface area contributed by atoms with E-state index in [1.165, 1.54) is 18.3 Å². The lowest BCUT2D eigenvalue weighted by molar-refractivity contribution is -0.274. The van der Waals surface area contributed by atoms with Crippen LogP contribution in [0.25, 0.3) is 10.9 Å². The third-order valence-electron chi connectivity index (χ3n) is 4.28. The van der Waals surface area contributed by atoms with E-state index in [0.29, 0.717) is 17.3 Å². The molecule has 2 aromatic carbocycles. The van der Waals surface area contributed by atoms with Crippen LogP contribution < -0.4 is 14.8 Å². The van der Waals surface area contributed by atoms with E-state index < -0.39 is 6.36 Å². The van der Waals surface area contributed by atoms with E-state index in [0.717, 1.165) is 28.6 Å². The number of nitrogens with one attached hydrogen (secondary N) is 2. The number of benzene rings is 2. The summed E-state index contributed by atoms with van der Waals surface area (Å²) < 4.78 is 45.9. The molecule has 158 valence electrons. The van der Waals surface area contributed by atoms with Gasteiger partial charge in [0.25, 0.3) is 0 Å². The van der Waals surface area contributed by atoms with Crippen LogP contribution in [0.15, 0.2) is 73.1 Å². The van der Waals surface area contributed by atoms with Gasteiger partial charge in [-0.1, -0.05) is 6.07 Å². The quantitative estimate of drug-likeness (QED) is 0.430. The molecule has 2 aromatic heterocycles. The van der Waals surface area contributed by atoms with Crippen LogP contribution in [0.2, 0.25) is 0 Å². The van der Waals surface area contributed by atoms with Gasteiger partial charge in [0, 0.05) is 11.7 Å². The maximum absolute atomic E-state index is 12.3. The van der Waals surface area contributed by atoms with Gasteiger partial charge in [0.05, 0.1) is 12.6 Å². The summed E-state index contributed by atoms with van der Waals surface area (Å²) in [6, 6.07) is 15.8. The average molecular weight is 427 g/mol. The number of amides is 1. The Morgan fingerprint density at radius 3 is 2.42 bits per heavy atom. The molecule has 0 spiro atoms. The number of aromatic amines is 1. The van der Waals surface area contributed by atoms with Crippen LogP contribution in [0, 0.1) is 0 Å². The van der Waals surface area contributed by atoms with Gasteiger partial charge < -0.3 is 19.8 Å². The predicted molar refractivity (Wildman–Crippen MR) is 108 cm³/mol. The van der Waals surface area contributed by atoms with Gasteiger partial charge in [-0.3, -0.25) is 4.79 Å². The molecule has 2 N–H and O–H groups in total. The molecule has 6 nitrogen and oxygen atoms in total. The Balaban J connectivity index is 1.32. The molecule has 1 amide bonds. The average Bonchev–Trinajstić information content (AvgIpc) is 3.18. The second-order valence-electron chi connectivity index (χ2n) is 6.62. The van der Waals surface area contributed by atoms with Crippen LogP contribution in [-0.4, -0.2) is 22.2 Å². The molecule has 0 unspecified atom stereocenters. The minimum Gasteiger partial charge on any atom is -0.456 e. The summed E-state index contributed by atoms with van der Waals surface area (Å²) in [6.45, 7) is 0. The highest BCUT2D eigenvalue weighted by Gasteiger charge is 2.30. The lowest BCUT2D eigenvalue weighted by atomic mass is 10.1. The van der Waals surface area contributed by atoms with Crippen molar-refractivity contribution in [1.82, 2.24) is 9.97 Å². The predicted octanol–water partition coefficient (Wildman–Crippen LogP) is 5.44. The molecule has 4 rings (SSSR count). The molecule has 0 atom stereocenters. The molecule has 0 aliphatic carbocycles. The number of rotatable bonds is 6. The fraction of sp³-hybridized carbons (Fsp3) is 0.0909. The van der Waals surface area contributed by atoms with Crippen molar-refractivity contribution >= 4 is 22.6 Å². The Hall–Kier alpha value is -4.01. The number of carbonyl (C=O) groups is 1. The van der Waals surface area contributed by atoms with E-state index in [9.17, 15) is 18.0 Å². The SMILES string of the molecule is O=C(Cc1ccc2[nH]ccc2c1)Nc1ccc(Oc2ccc(OC(F)(F)F)cc2)cn1. The van der Waals surface area contributed by atoms with Gasteiger partial charge in [-0.25, -0.2) is 4.98 Å². The molecule has 0 bridgehead atoms. The second kappa shape index (κ2) is 8.39. The highest BCUT2D eigenvalue weighted by molar-refractivity contribution is 5.92. The summed E-state index contributed by atoms with van der Waals surface area (Å²) in [5.74, 6) is 0.477. The number of ether oxygens (including phenoxy) is 2. The highest BCUT2D eigenvalue weighted by Crippen LogP contribution is 2.27. The Morgan fingerprint density at radius 2 is 1.71 bits per heavy atom. The van der Waals surface area contributed by atoms with Crippen LogP contribution in [0.1, 0.15) is 5.56 Å². The third kappa shape index (κ3) is 5.53. The lowest BCUT2D eigenvalue weighted by Gasteiger charge is -2.10. The summed E-state index contributed by atoms with van der Waals surface area (Å²) in [7, 11) is 0. The molecule has 4 aromatic rings. The first-order chi connectivity index (χ1) is 14.8. The van der Waals surface area contributed by atoms with Crippen molar-refractivity contribution in [3.63, 3.8) is 0 Å². The van der Waals surface area contributed by atoms with Crippen molar-refractivity contribution in [1.29, 1.82) is 0 Å². The monoisotopic (exact) mass is 427 g/mol. The van der Waals surface area contributed by atoms with Crippen molar-refractivity contribution in [3.8, 4) is 17.2 Å². The Morgan fingerprint density at radius 1 is 0.968 bits per heavy atom. The fourth-order valence-corrected chi connectivity index (χ4v) is 2.95. The zero-order valence-corrected chi connectivity index (χ0v) is 15.9. The summed E-state index contributed by atoms with van der Waals surface area (Å²) in [5, 5.41) is 3.75. The van der Waals surface area contributed by atoms with Crippen LogP contribution in [0.5, 0.6) is 17.2 Å². The summed E-state index contributed by atoms with van der Waals surface area (Å²) in [6.07, 6.45) is -1.30. The van der Waals surface area contributed by atoms with Gasteiger partial charge in [-0.2, -0.15) is 0 Å². The topological polar surface area (TPSA) is 76.2 Å². The van der Waals surface area contributed by atoms with Crippen molar-refractivity contribution in [2.24, 2.45) is 0 Å². The van der Waals surface area contributed by atoms with Crippen molar-refractivity contribution < 1.29 is 27.4 Å². The molecule has 2 heterocycles. The summed E-state index contributed by atoms with van der Waals surface area (Å²) in [5.41, 5.74) is 1.88. The molecular weight excluding hydrogens is 411 g/mol. The van der Waals surface area contributed by atoms with E-state index in [2.05, 4.69) is 20.0 Å². The first-order valence-electron chi connectivity index (χ1n) is 9.20. The van der Waals surface area contributed by atoms with Gasteiger partial charge in [-0.05, 0) is 65.5 Å². The molecule has 31 heavy (non-hydrogen) atoms. The number of aromatic nitrogens is 2. The maximum Gasteiger partial charge on any atom is 0.573 e. The molecule has 0 fully saturated rings. The van der Waals surface area contributed by atoms with E-state index >= 15 is 0 Å². The summed E-state index contributed by atoms with van der Waals surface area (Å²) >= 11 is 0. The Bertz CT molecular complexity index is 1190. The maximum atomic E-state index is 12.3. The normalized spacial score (nSPS) is 11.3. The Labute approximate surface area is 174 Å². The first-order valence-corrected chi connectivity index (χ1v) is 9.20. The summed E-state index contributed by atoms with van der Waals surface area (Å²) in [4.78, 5) is 19.5. The number of nitrogens with zero attached hydrogens (tertiary/aromatic N) is 1. The van der Waals surface area contributed by atoms with E-state index in [-0.39, 0.29) is 18.1 Å². The third-order valence-corrected chi connectivity index (χ3v) is 4.28. The number of fused-ring (bicyclic) bond motifs is 1. The Kier molecular flexibility index (Phi) is 5.48. The highest BCUT2D eigenvalue weighted by atomic mass is 19.4. The number of H-pyrrole nitrogens is 1.